The molecule has 3 rings (SSSR count). The average molecular weight is 447 g/mol. The Morgan fingerprint density at radius 3 is 2.29 bits per heavy atom. The fourth-order valence-corrected chi connectivity index (χ4v) is 3.61. The van der Waals surface area contributed by atoms with E-state index < -0.39 is 23.6 Å². The van der Waals surface area contributed by atoms with Crippen molar-refractivity contribution in [2.75, 3.05) is 11.9 Å². The number of hydrogen-bond acceptors (Lipinski definition) is 4. The number of nitrogens with zero attached hydrogens (tertiary/aromatic N) is 1. The quantitative estimate of drug-likeness (QED) is 0.539. The number of amides is 2. The minimum absolute atomic E-state index is 0.206. The molecule has 0 spiro atoms. The van der Waals surface area contributed by atoms with Gasteiger partial charge in [0.15, 0.2) is 0 Å². The summed E-state index contributed by atoms with van der Waals surface area (Å²) in [7, 11) is 0. The standard InChI is InChI=1S/C22H20F3N3O2S/c1-2-14-3-9-17(10-4-14)27-20(30)19(29)26-12-11-18-13-31-21(28-18)15-5-7-16(8-6-15)22(23,24)25/h3-10,13H,2,11-12H2,1H3,(H,26,29)(H,27,30). The molecule has 2 aromatic carbocycles. The van der Waals surface area contributed by atoms with Crippen molar-refractivity contribution in [1.29, 1.82) is 0 Å². The number of aryl methyl sites for hydroxylation is 1. The van der Waals surface area contributed by atoms with E-state index in [1.165, 1.54) is 23.5 Å². The molecule has 9 heteroatoms. The molecule has 0 saturated carbocycles. The van der Waals surface area contributed by atoms with E-state index in [4.69, 9.17) is 0 Å². The summed E-state index contributed by atoms with van der Waals surface area (Å²) in [6, 6.07) is 12.0. The predicted molar refractivity (Wildman–Crippen MR) is 114 cm³/mol. The van der Waals surface area contributed by atoms with Crippen LogP contribution in [0.2, 0.25) is 0 Å². The molecule has 0 bridgehead atoms. The van der Waals surface area contributed by atoms with E-state index in [0.29, 0.717) is 28.4 Å². The van der Waals surface area contributed by atoms with Gasteiger partial charge in [-0.1, -0.05) is 31.2 Å². The Bertz CT molecular complexity index is 1050. The van der Waals surface area contributed by atoms with Gasteiger partial charge in [-0.2, -0.15) is 13.2 Å². The first-order valence-electron chi connectivity index (χ1n) is 9.56. The largest absolute Gasteiger partial charge is 0.416 e. The Morgan fingerprint density at radius 2 is 1.68 bits per heavy atom. The Labute approximate surface area is 181 Å². The zero-order valence-corrected chi connectivity index (χ0v) is 17.4. The van der Waals surface area contributed by atoms with Gasteiger partial charge in [0.2, 0.25) is 0 Å². The molecule has 1 aromatic heterocycles. The van der Waals surface area contributed by atoms with Crippen LogP contribution in [-0.2, 0) is 28.6 Å². The van der Waals surface area contributed by atoms with Crippen LogP contribution in [0.1, 0.15) is 23.7 Å². The van der Waals surface area contributed by atoms with Gasteiger partial charge in [0.05, 0.1) is 11.3 Å². The number of carbonyl (C=O) groups excluding carboxylic acids is 2. The Hall–Kier alpha value is -3.20. The lowest BCUT2D eigenvalue weighted by Crippen LogP contribution is -2.36. The third-order valence-electron chi connectivity index (χ3n) is 4.50. The van der Waals surface area contributed by atoms with Gasteiger partial charge < -0.3 is 10.6 Å². The highest BCUT2D eigenvalue weighted by atomic mass is 32.1. The Balaban J connectivity index is 1.49. The molecule has 0 aliphatic heterocycles. The summed E-state index contributed by atoms with van der Waals surface area (Å²) in [6.45, 7) is 2.23. The number of carbonyl (C=O) groups is 2. The lowest BCUT2D eigenvalue weighted by Gasteiger charge is -2.07. The van der Waals surface area contributed by atoms with Gasteiger partial charge >= 0.3 is 18.0 Å². The first kappa shape index (κ1) is 22.5. The fourth-order valence-electron chi connectivity index (χ4n) is 2.75. The molecule has 162 valence electrons. The number of alkyl halides is 3. The zero-order chi connectivity index (χ0) is 22.4. The van der Waals surface area contributed by atoms with Crippen molar-refractivity contribution in [1.82, 2.24) is 10.3 Å². The molecular formula is C22H20F3N3O2S. The summed E-state index contributed by atoms with van der Waals surface area (Å²) < 4.78 is 38.0. The summed E-state index contributed by atoms with van der Waals surface area (Å²) in [4.78, 5) is 28.3. The molecule has 1 heterocycles. The Morgan fingerprint density at radius 1 is 1.00 bits per heavy atom. The second kappa shape index (κ2) is 9.74. The fraction of sp³-hybridized carbons (Fsp3) is 0.227. The molecule has 0 aliphatic carbocycles. The molecule has 0 radical (unpaired) electrons. The second-order valence-electron chi connectivity index (χ2n) is 6.73. The zero-order valence-electron chi connectivity index (χ0n) is 16.6. The summed E-state index contributed by atoms with van der Waals surface area (Å²) in [5, 5.41) is 7.43. The molecule has 0 unspecified atom stereocenters. The van der Waals surface area contributed by atoms with Crippen LogP contribution in [0.3, 0.4) is 0 Å². The molecule has 0 saturated heterocycles. The Kier molecular flexibility index (Phi) is 7.06. The molecular weight excluding hydrogens is 427 g/mol. The summed E-state index contributed by atoms with van der Waals surface area (Å²) in [6.07, 6.45) is -3.11. The molecule has 2 amide bonds. The first-order chi connectivity index (χ1) is 14.8. The number of aromatic nitrogens is 1. The molecule has 5 nitrogen and oxygen atoms in total. The number of nitrogens with one attached hydrogen (secondary N) is 2. The highest BCUT2D eigenvalue weighted by Crippen LogP contribution is 2.31. The smallest absolute Gasteiger partial charge is 0.347 e. The van der Waals surface area contributed by atoms with Crippen molar-refractivity contribution in [2.24, 2.45) is 0 Å². The number of benzene rings is 2. The van der Waals surface area contributed by atoms with Crippen LogP contribution in [-0.4, -0.2) is 23.3 Å². The van der Waals surface area contributed by atoms with E-state index >= 15 is 0 Å². The monoisotopic (exact) mass is 447 g/mol. The van der Waals surface area contributed by atoms with Crippen molar-refractivity contribution in [3.63, 3.8) is 0 Å². The lowest BCUT2D eigenvalue weighted by atomic mass is 10.1. The highest BCUT2D eigenvalue weighted by Gasteiger charge is 2.30. The third-order valence-corrected chi connectivity index (χ3v) is 5.44. The third kappa shape index (κ3) is 6.14. The number of rotatable bonds is 6. The summed E-state index contributed by atoms with van der Waals surface area (Å²) in [5.41, 5.74) is 2.22. The molecule has 0 aliphatic rings. The number of halogens is 3. The number of thiazole rings is 1. The van der Waals surface area contributed by atoms with Crippen molar-refractivity contribution in [3.8, 4) is 10.6 Å². The minimum atomic E-state index is -4.38. The normalized spacial score (nSPS) is 11.2. The maximum atomic E-state index is 12.7. The van der Waals surface area contributed by atoms with Gasteiger partial charge in [0, 0.05) is 29.6 Å². The van der Waals surface area contributed by atoms with Crippen molar-refractivity contribution < 1.29 is 22.8 Å². The molecule has 3 aromatic rings. The van der Waals surface area contributed by atoms with E-state index in [-0.39, 0.29) is 6.54 Å². The van der Waals surface area contributed by atoms with Crippen LogP contribution in [0.4, 0.5) is 18.9 Å². The van der Waals surface area contributed by atoms with E-state index in [1.807, 2.05) is 19.1 Å². The molecule has 31 heavy (non-hydrogen) atoms. The van der Waals surface area contributed by atoms with Gasteiger partial charge in [-0.15, -0.1) is 11.3 Å². The lowest BCUT2D eigenvalue weighted by molar-refractivity contribution is -0.137. The van der Waals surface area contributed by atoms with Crippen LogP contribution >= 0.6 is 11.3 Å². The van der Waals surface area contributed by atoms with Crippen molar-refractivity contribution in [3.05, 3.63) is 70.7 Å². The SMILES string of the molecule is CCc1ccc(NC(=O)C(=O)NCCc2csc(-c3ccc(C(F)(F)F)cc3)n2)cc1. The maximum absolute atomic E-state index is 12.7. The van der Waals surface area contributed by atoms with E-state index in [0.717, 1.165) is 24.1 Å². The molecule has 0 fully saturated rings. The summed E-state index contributed by atoms with van der Waals surface area (Å²) >= 11 is 1.30. The topological polar surface area (TPSA) is 71.1 Å². The molecule has 0 atom stereocenters. The minimum Gasteiger partial charge on any atom is -0.347 e. The van der Waals surface area contributed by atoms with E-state index in [1.54, 1.807) is 17.5 Å². The number of hydrogen-bond donors (Lipinski definition) is 2. The number of anilines is 1. The van der Waals surface area contributed by atoms with Gasteiger partial charge in [-0.25, -0.2) is 4.98 Å². The average Bonchev–Trinajstić information content (AvgIpc) is 3.22. The van der Waals surface area contributed by atoms with Crippen LogP contribution in [0, 0.1) is 0 Å². The van der Waals surface area contributed by atoms with E-state index in [2.05, 4.69) is 15.6 Å². The van der Waals surface area contributed by atoms with Gasteiger partial charge in [0.25, 0.3) is 0 Å². The molecule has 2 N–H and O–H groups in total. The van der Waals surface area contributed by atoms with Gasteiger partial charge in [0.1, 0.15) is 5.01 Å². The maximum Gasteiger partial charge on any atom is 0.416 e. The van der Waals surface area contributed by atoms with Crippen LogP contribution in [0.5, 0.6) is 0 Å². The first-order valence-corrected chi connectivity index (χ1v) is 10.4. The van der Waals surface area contributed by atoms with E-state index in [9.17, 15) is 22.8 Å². The predicted octanol–water partition coefficient (Wildman–Crippen LogP) is 4.69. The van der Waals surface area contributed by atoms with Gasteiger partial charge in [-0.05, 0) is 36.2 Å². The van der Waals surface area contributed by atoms with Gasteiger partial charge in [-0.3, -0.25) is 9.59 Å². The van der Waals surface area contributed by atoms with Crippen LogP contribution < -0.4 is 10.6 Å². The second-order valence-corrected chi connectivity index (χ2v) is 7.59. The van der Waals surface area contributed by atoms with Crippen molar-refractivity contribution >= 4 is 28.8 Å². The summed E-state index contributed by atoms with van der Waals surface area (Å²) in [5.74, 6) is -1.51. The van der Waals surface area contributed by atoms with Crippen LogP contribution in [0.25, 0.3) is 10.6 Å². The highest BCUT2D eigenvalue weighted by molar-refractivity contribution is 7.13. The van der Waals surface area contributed by atoms with Crippen LogP contribution in [0.15, 0.2) is 53.9 Å². The van der Waals surface area contributed by atoms with Crippen molar-refractivity contribution in [2.45, 2.75) is 25.9 Å².